The first kappa shape index (κ1) is 12.6. The Morgan fingerprint density at radius 2 is 2.22 bits per heavy atom. The summed E-state index contributed by atoms with van der Waals surface area (Å²) in [6.45, 7) is 1.77. The standard InChI is InChI=1S/C13H14N2O3/c1-9-2-4-10(5-3-9)11-13(8-14,18-11)12(15)17-7-6-16/h2-5,11,15-16H,6-7H2,1H3/t11-,13-/m1/s1. The van der Waals surface area contributed by atoms with Crippen LogP contribution in [0.25, 0.3) is 0 Å². The number of aliphatic hydroxyl groups is 1. The Morgan fingerprint density at radius 3 is 2.78 bits per heavy atom. The number of rotatable bonds is 4. The topological polar surface area (TPSA) is 89.6 Å². The lowest BCUT2D eigenvalue weighted by Gasteiger charge is -2.07. The number of hydrogen-bond acceptors (Lipinski definition) is 5. The fourth-order valence-electron chi connectivity index (χ4n) is 1.76. The molecule has 5 heteroatoms. The molecule has 1 aromatic carbocycles. The van der Waals surface area contributed by atoms with E-state index < -0.39 is 11.7 Å². The largest absolute Gasteiger partial charge is 0.476 e. The number of aliphatic hydroxyl groups excluding tert-OH is 1. The summed E-state index contributed by atoms with van der Waals surface area (Å²) in [4.78, 5) is 0. The molecule has 0 spiro atoms. The minimum atomic E-state index is -1.33. The Hall–Kier alpha value is -1.90. The number of nitriles is 1. The molecule has 1 saturated heterocycles. The quantitative estimate of drug-likeness (QED) is 0.476. The summed E-state index contributed by atoms with van der Waals surface area (Å²) >= 11 is 0. The molecule has 1 aliphatic rings. The van der Waals surface area contributed by atoms with Gasteiger partial charge in [0.25, 0.3) is 5.60 Å². The zero-order valence-corrected chi connectivity index (χ0v) is 10.0. The van der Waals surface area contributed by atoms with Crippen LogP contribution in [0.15, 0.2) is 24.3 Å². The molecule has 2 rings (SSSR count). The summed E-state index contributed by atoms with van der Waals surface area (Å²) in [5, 5.41) is 25.5. The lowest BCUT2D eigenvalue weighted by Crippen LogP contribution is -2.26. The Labute approximate surface area is 105 Å². The van der Waals surface area contributed by atoms with Crippen LogP contribution in [0.3, 0.4) is 0 Å². The minimum absolute atomic E-state index is 0.00770. The van der Waals surface area contributed by atoms with E-state index in [1.165, 1.54) is 0 Å². The fourth-order valence-corrected chi connectivity index (χ4v) is 1.76. The van der Waals surface area contributed by atoms with Gasteiger partial charge in [0, 0.05) is 0 Å². The van der Waals surface area contributed by atoms with Crippen LogP contribution in [0.2, 0.25) is 0 Å². The highest BCUT2D eigenvalue weighted by Crippen LogP contribution is 2.50. The highest BCUT2D eigenvalue weighted by atomic mass is 16.6. The zero-order chi connectivity index (χ0) is 13.2. The second kappa shape index (κ2) is 4.77. The van der Waals surface area contributed by atoms with E-state index in [4.69, 9.17) is 25.3 Å². The van der Waals surface area contributed by atoms with Crippen molar-refractivity contribution in [2.45, 2.75) is 18.6 Å². The molecule has 1 heterocycles. The van der Waals surface area contributed by atoms with Gasteiger partial charge >= 0.3 is 0 Å². The summed E-state index contributed by atoms with van der Waals surface area (Å²) in [6, 6.07) is 9.57. The smallest absolute Gasteiger partial charge is 0.260 e. The van der Waals surface area contributed by atoms with E-state index in [-0.39, 0.29) is 19.1 Å². The molecule has 0 amide bonds. The molecule has 94 valence electrons. The fraction of sp³-hybridized carbons (Fsp3) is 0.385. The number of epoxide rings is 1. The zero-order valence-electron chi connectivity index (χ0n) is 10.0. The van der Waals surface area contributed by atoms with Crippen LogP contribution in [0, 0.1) is 23.7 Å². The first-order chi connectivity index (χ1) is 8.64. The predicted molar refractivity (Wildman–Crippen MR) is 64.1 cm³/mol. The van der Waals surface area contributed by atoms with Crippen LogP contribution in [-0.2, 0) is 9.47 Å². The minimum Gasteiger partial charge on any atom is -0.476 e. The van der Waals surface area contributed by atoms with E-state index in [0.29, 0.717) is 0 Å². The maximum absolute atomic E-state index is 9.15. The molecular weight excluding hydrogens is 232 g/mol. The molecular formula is C13H14N2O3. The van der Waals surface area contributed by atoms with Crippen LogP contribution in [0.4, 0.5) is 0 Å². The molecule has 1 fully saturated rings. The molecule has 0 aliphatic carbocycles. The van der Waals surface area contributed by atoms with Crippen molar-refractivity contribution >= 4 is 5.90 Å². The molecule has 0 saturated carbocycles. The summed E-state index contributed by atoms with van der Waals surface area (Å²) in [6.07, 6.45) is -0.464. The lowest BCUT2D eigenvalue weighted by molar-refractivity contribution is 0.181. The van der Waals surface area contributed by atoms with Crippen molar-refractivity contribution in [2.24, 2.45) is 0 Å². The first-order valence-electron chi connectivity index (χ1n) is 5.62. The van der Waals surface area contributed by atoms with E-state index in [9.17, 15) is 0 Å². The van der Waals surface area contributed by atoms with E-state index in [0.717, 1.165) is 11.1 Å². The molecule has 1 aliphatic heterocycles. The molecule has 0 radical (unpaired) electrons. The van der Waals surface area contributed by atoms with E-state index in [2.05, 4.69) is 0 Å². The van der Waals surface area contributed by atoms with Gasteiger partial charge in [-0.2, -0.15) is 5.26 Å². The van der Waals surface area contributed by atoms with Crippen LogP contribution in [0.1, 0.15) is 17.2 Å². The lowest BCUT2D eigenvalue weighted by atomic mass is 10.00. The van der Waals surface area contributed by atoms with E-state index in [1.54, 1.807) is 0 Å². The molecule has 2 atom stereocenters. The normalized spacial score (nSPS) is 25.3. The van der Waals surface area contributed by atoms with Crippen molar-refractivity contribution in [1.82, 2.24) is 0 Å². The van der Waals surface area contributed by atoms with Gasteiger partial charge in [-0.1, -0.05) is 29.8 Å². The highest BCUT2D eigenvalue weighted by Gasteiger charge is 2.63. The number of hydrogen-bond donors (Lipinski definition) is 2. The van der Waals surface area contributed by atoms with Crippen molar-refractivity contribution in [3.63, 3.8) is 0 Å². The van der Waals surface area contributed by atoms with E-state index in [1.807, 2.05) is 37.3 Å². The summed E-state index contributed by atoms with van der Waals surface area (Å²) in [7, 11) is 0. The van der Waals surface area contributed by atoms with Gasteiger partial charge in [-0.25, -0.2) is 0 Å². The third-order valence-electron chi connectivity index (χ3n) is 2.84. The number of aryl methyl sites for hydroxylation is 1. The number of ether oxygens (including phenoxy) is 2. The maximum atomic E-state index is 9.15. The van der Waals surface area contributed by atoms with Crippen LogP contribution >= 0.6 is 0 Å². The summed E-state index contributed by atoms with van der Waals surface area (Å²) < 4.78 is 10.3. The first-order valence-corrected chi connectivity index (χ1v) is 5.62. The third-order valence-corrected chi connectivity index (χ3v) is 2.84. The van der Waals surface area contributed by atoms with Gasteiger partial charge in [0.05, 0.1) is 6.61 Å². The molecule has 0 bridgehead atoms. The average molecular weight is 246 g/mol. The van der Waals surface area contributed by atoms with Gasteiger partial charge in [0.15, 0.2) is 0 Å². The van der Waals surface area contributed by atoms with Crippen LogP contribution < -0.4 is 0 Å². The van der Waals surface area contributed by atoms with Crippen molar-refractivity contribution in [3.8, 4) is 6.07 Å². The summed E-state index contributed by atoms with van der Waals surface area (Å²) in [5.41, 5.74) is 0.637. The van der Waals surface area contributed by atoms with E-state index >= 15 is 0 Å². The van der Waals surface area contributed by atoms with Gasteiger partial charge in [-0.05, 0) is 12.5 Å². The maximum Gasteiger partial charge on any atom is 0.260 e. The Bertz CT molecular complexity index is 492. The second-order valence-corrected chi connectivity index (χ2v) is 4.16. The SMILES string of the molecule is Cc1ccc([C@H]2O[C@@]2(C#N)C(=N)OCCO)cc1. The third kappa shape index (κ3) is 2.08. The van der Waals surface area contributed by atoms with Crippen molar-refractivity contribution in [1.29, 1.82) is 10.7 Å². The Balaban J connectivity index is 2.12. The molecule has 5 nitrogen and oxygen atoms in total. The highest BCUT2D eigenvalue weighted by molar-refractivity contribution is 5.89. The van der Waals surface area contributed by atoms with Crippen LogP contribution in [0.5, 0.6) is 0 Å². The van der Waals surface area contributed by atoms with Gasteiger partial charge in [0.1, 0.15) is 18.8 Å². The number of benzene rings is 1. The van der Waals surface area contributed by atoms with Crippen molar-refractivity contribution in [3.05, 3.63) is 35.4 Å². The average Bonchev–Trinajstić information content (AvgIpc) is 3.13. The molecule has 0 unspecified atom stereocenters. The number of nitrogens with zero attached hydrogens (tertiary/aromatic N) is 1. The van der Waals surface area contributed by atoms with Gasteiger partial charge in [-0.3, -0.25) is 5.41 Å². The number of nitrogens with one attached hydrogen (secondary N) is 1. The molecule has 0 aromatic heterocycles. The van der Waals surface area contributed by atoms with Gasteiger partial charge in [0.2, 0.25) is 5.90 Å². The van der Waals surface area contributed by atoms with Crippen molar-refractivity contribution < 1.29 is 14.6 Å². The van der Waals surface area contributed by atoms with Gasteiger partial charge < -0.3 is 14.6 Å². The Kier molecular flexibility index (Phi) is 3.32. The Morgan fingerprint density at radius 1 is 1.56 bits per heavy atom. The van der Waals surface area contributed by atoms with Crippen molar-refractivity contribution in [2.75, 3.05) is 13.2 Å². The monoisotopic (exact) mass is 246 g/mol. The second-order valence-electron chi connectivity index (χ2n) is 4.16. The van der Waals surface area contributed by atoms with Gasteiger partial charge in [-0.15, -0.1) is 0 Å². The summed E-state index contributed by atoms with van der Waals surface area (Å²) in [5.74, 6) is -0.246. The molecule has 1 aromatic rings. The molecule has 18 heavy (non-hydrogen) atoms. The molecule has 2 N–H and O–H groups in total. The predicted octanol–water partition coefficient (Wildman–Crippen LogP) is 1.31. The van der Waals surface area contributed by atoms with Crippen LogP contribution in [-0.4, -0.2) is 29.8 Å².